The second-order valence-corrected chi connectivity index (χ2v) is 8.43. The fourth-order valence-corrected chi connectivity index (χ4v) is 4.34. The summed E-state index contributed by atoms with van der Waals surface area (Å²) in [5.41, 5.74) is 2.61. The van der Waals surface area contributed by atoms with Crippen LogP contribution in [0.5, 0.6) is 0 Å². The smallest absolute Gasteiger partial charge is 0.194 e. The summed E-state index contributed by atoms with van der Waals surface area (Å²) in [4.78, 5) is 18.9. The van der Waals surface area contributed by atoms with Crippen LogP contribution in [0, 0.1) is 0 Å². The fraction of sp³-hybridized carbons (Fsp3) is 0.500. The number of benzene rings is 1. The second kappa shape index (κ2) is 12.4. The Morgan fingerprint density at radius 2 is 1.66 bits per heavy atom. The molecule has 0 spiro atoms. The van der Waals surface area contributed by atoms with Crippen molar-refractivity contribution in [1.82, 2.24) is 25.0 Å². The number of halogens is 1. The molecule has 0 unspecified atom stereocenters. The Balaban J connectivity index is 0.00000289. The molecule has 0 amide bonds. The predicted molar refractivity (Wildman–Crippen MR) is 143 cm³/mol. The molecule has 32 heavy (non-hydrogen) atoms. The highest BCUT2D eigenvalue weighted by atomic mass is 127. The van der Waals surface area contributed by atoms with Crippen molar-refractivity contribution in [3.63, 3.8) is 0 Å². The normalized spacial score (nSPS) is 18.4. The van der Waals surface area contributed by atoms with Crippen molar-refractivity contribution >= 4 is 35.8 Å². The molecule has 0 saturated carbocycles. The zero-order valence-corrected chi connectivity index (χ0v) is 21.6. The number of nitrogens with zero attached hydrogens (tertiary/aromatic N) is 6. The van der Waals surface area contributed by atoms with Crippen molar-refractivity contribution in [1.29, 1.82) is 0 Å². The molecular weight excluding hydrogens is 513 g/mol. The maximum absolute atomic E-state index is 4.70. The average molecular weight is 550 g/mol. The number of piperazine rings is 2. The highest BCUT2D eigenvalue weighted by Crippen LogP contribution is 2.19. The van der Waals surface area contributed by atoms with Gasteiger partial charge in [-0.2, -0.15) is 0 Å². The number of likely N-dealkylation sites (N-methyl/N-ethyl adjacent to an activating group) is 1. The first-order valence-electron chi connectivity index (χ1n) is 11.3. The minimum atomic E-state index is 0. The lowest BCUT2D eigenvalue weighted by atomic mass is 10.2. The number of anilines is 1. The summed E-state index contributed by atoms with van der Waals surface area (Å²) in [6, 6.07) is 14.9. The molecule has 1 N–H and O–H groups in total. The van der Waals surface area contributed by atoms with Crippen LogP contribution in [-0.2, 0) is 13.1 Å². The summed E-state index contributed by atoms with van der Waals surface area (Å²) in [5.74, 6) is 2.08. The van der Waals surface area contributed by atoms with Gasteiger partial charge in [-0.1, -0.05) is 36.4 Å². The summed E-state index contributed by atoms with van der Waals surface area (Å²) in [6.45, 7) is 10.1. The van der Waals surface area contributed by atoms with E-state index >= 15 is 0 Å². The number of guanidine groups is 1. The van der Waals surface area contributed by atoms with E-state index in [1.165, 1.54) is 11.1 Å². The number of hydrogen-bond acceptors (Lipinski definition) is 5. The molecule has 2 aromatic rings. The molecule has 0 bridgehead atoms. The van der Waals surface area contributed by atoms with Gasteiger partial charge in [-0.3, -0.25) is 9.89 Å². The third-order valence-electron chi connectivity index (χ3n) is 6.24. The van der Waals surface area contributed by atoms with Gasteiger partial charge in [0.05, 0.1) is 0 Å². The first-order valence-corrected chi connectivity index (χ1v) is 11.3. The number of pyridine rings is 1. The van der Waals surface area contributed by atoms with E-state index in [-0.39, 0.29) is 24.0 Å². The van der Waals surface area contributed by atoms with Crippen LogP contribution in [0.2, 0.25) is 0 Å². The van der Waals surface area contributed by atoms with Gasteiger partial charge < -0.3 is 20.0 Å². The van der Waals surface area contributed by atoms with Crippen molar-refractivity contribution in [2.75, 3.05) is 71.4 Å². The molecule has 2 fully saturated rings. The summed E-state index contributed by atoms with van der Waals surface area (Å²) >= 11 is 0. The number of rotatable bonds is 5. The molecule has 1 aromatic carbocycles. The summed E-state index contributed by atoms with van der Waals surface area (Å²) < 4.78 is 0. The van der Waals surface area contributed by atoms with Gasteiger partial charge in [-0.15, -0.1) is 24.0 Å². The molecule has 3 heterocycles. The van der Waals surface area contributed by atoms with Crippen LogP contribution in [0.4, 0.5) is 5.82 Å². The zero-order valence-electron chi connectivity index (χ0n) is 19.3. The molecule has 0 aliphatic carbocycles. The van der Waals surface area contributed by atoms with E-state index in [1.807, 2.05) is 19.3 Å². The van der Waals surface area contributed by atoms with Crippen LogP contribution in [0.15, 0.2) is 53.7 Å². The molecule has 2 aliphatic rings. The SMILES string of the molecule is CN=C(NCc1cccnc1N1CCN(C)CC1)N1CCN(Cc2ccccc2)CC1.I. The van der Waals surface area contributed by atoms with Crippen LogP contribution < -0.4 is 10.2 Å². The van der Waals surface area contributed by atoms with Crippen molar-refractivity contribution in [3.05, 3.63) is 59.8 Å². The van der Waals surface area contributed by atoms with E-state index in [1.54, 1.807) is 0 Å². The molecule has 2 saturated heterocycles. The molecule has 0 atom stereocenters. The topological polar surface area (TPSA) is 50.2 Å². The van der Waals surface area contributed by atoms with E-state index in [9.17, 15) is 0 Å². The predicted octanol–water partition coefficient (Wildman–Crippen LogP) is 2.34. The highest BCUT2D eigenvalue weighted by Gasteiger charge is 2.21. The minimum Gasteiger partial charge on any atom is -0.354 e. The summed E-state index contributed by atoms with van der Waals surface area (Å²) in [6.07, 6.45) is 1.90. The van der Waals surface area contributed by atoms with E-state index in [2.05, 4.69) is 73.4 Å². The third kappa shape index (κ3) is 6.55. The number of nitrogens with one attached hydrogen (secondary N) is 1. The lowest BCUT2D eigenvalue weighted by Crippen LogP contribution is -2.52. The van der Waals surface area contributed by atoms with Gasteiger partial charge in [0.1, 0.15) is 5.82 Å². The van der Waals surface area contributed by atoms with Gasteiger partial charge in [0.15, 0.2) is 5.96 Å². The molecule has 4 rings (SSSR count). The quantitative estimate of drug-likeness (QED) is 0.351. The van der Waals surface area contributed by atoms with Gasteiger partial charge in [-0.25, -0.2) is 4.98 Å². The maximum Gasteiger partial charge on any atom is 0.194 e. The van der Waals surface area contributed by atoms with Crippen LogP contribution in [0.25, 0.3) is 0 Å². The Bertz CT molecular complexity index is 844. The molecule has 0 radical (unpaired) electrons. The van der Waals surface area contributed by atoms with E-state index in [4.69, 9.17) is 4.98 Å². The third-order valence-corrected chi connectivity index (χ3v) is 6.24. The van der Waals surface area contributed by atoms with E-state index in [0.29, 0.717) is 0 Å². The van der Waals surface area contributed by atoms with Gasteiger partial charge in [-0.05, 0) is 18.7 Å². The van der Waals surface area contributed by atoms with Crippen molar-refractivity contribution < 1.29 is 0 Å². The number of hydrogen-bond donors (Lipinski definition) is 1. The molecule has 7 nitrogen and oxygen atoms in total. The molecule has 8 heteroatoms. The number of aromatic nitrogens is 1. The Morgan fingerprint density at radius 3 is 2.34 bits per heavy atom. The lowest BCUT2D eigenvalue weighted by molar-refractivity contribution is 0.172. The highest BCUT2D eigenvalue weighted by molar-refractivity contribution is 14.0. The van der Waals surface area contributed by atoms with Crippen LogP contribution in [0.1, 0.15) is 11.1 Å². The first-order chi connectivity index (χ1) is 15.2. The first kappa shape index (κ1) is 24.7. The largest absolute Gasteiger partial charge is 0.354 e. The fourth-order valence-electron chi connectivity index (χ4n) is 4.34. The minimum absolute atomic E-state index is 0. The molecular formula is C24H36IN7. The van der Waals surface area contributed by atoms with E-state index in [0.717, 1.165) is 77.2 Å². The lowest BCUT2D eigenvalue weighted by Gasteiger charge is -2.37. The summed E-state index contributed by atoms with van der Waals surface area (Å²) in [7, 11) is 4.06. The van der Waals surface area contributed by atoms with Gasteiger partial charge in [0.2, 0.25) is 0 Å². The molecule has 2 aliphatic heterocycles. The zero-order chi connectivity index (χ0) is 21.5. The van der Waals surface area contributed by atoms with Crippen molar-refractivity contribution in [2.24, 2.45) is 4.99 Å². The monoisotopic (exact) mass is 549 g/mol. The van der Waals surface area contributed by atoms with Crippen LogP contribution >= 0.6 is 24.0 Å². The van der Waals surface area contributed by atoms with Gasteiger partial charge in [0, 0.05) is 84.3 Å². The van der Waals surface area contributed by atoms with Crippen molar-refractivity contribution in [3.8, 4) is 0 Å². The van der Waals surface area contributed by atoms with Crippen LogP contribution in [0.3, 0.4) is 0 Å². The Morgan fingerprint density at radius 1 is 0.938 bits per heavy atom. The molecule has 174 valence electrons. The van der Waals surface area contributed by atoms with E-state index < -0.39 is 0 Å². The standard InChI is InChI=1S/C24H35N7.HI/c1-25-24(31-17-13-29(14-18-31)20-21-7-4-3-5-8-21)27-19-22-9-6-10-26-23(22)30-15-11-28(2)12-16-30;/h3-10H,11-20H2,1-2H3,(H,25,27);1H. The second-order valence-electron chi connectivity index (χ2n) is 8.43. The molecule has 1 aromatic heterocycles. The Labute approximate surface area is 209 Å². The average Bonchev–Trinajstić information content (AvgIpc) is 2.82. The van der Waals surface area contributed by atoms with Crippen LogP contribution in [-0.4, -0.2) is 92.1 Å². The Kier molecular flexibility index (Phi) is 9.55. The Hall–Kier alpha value is -1.91. The van der Waals surface area contributed by atoms with Gasteiger partial charge in [0.25, 0.3) is 0 Å². The summed E-state index contributed by atoms with van der Waals surface area (Å²) in [5, 5.41) is 3.59. The maximum atomic E-state index is 4.70. The van der Waals surface area contributed by atoms with Crippen molar-refractivity contribution in [2.45, 2.75) is 13.1 Å². The van der Waals surface area contributed by atoms with Gasteiger partial charge >= 0.3 is 0 Å². The number of aliphatic imine (C=N–C) groups is 1.